The topological polar surface area (TPSA) is 188 Å². The summed E-state index contributed by atoms with van der Waals surface area (Å²) in [4.78, 5) is 0. The highest BCUT2D eigenvalue weighted by molar-refractivity contribution is 5.26. The van der Waals surface area contributed by atoms with Crippen molar-refractivity contribution in [1.82, 2.24) is 0 Å². The summed E-state index contributed by atoms with van der Waals surface area (Å²) in [7, 11) is 1.54. The van der Waals surface area contributed by atoms with E-state index >= 15 is 0 Å². The molecule has 0 aliphatic carbocycles. The van der Waals surface area contributed by atoms with Crippen molar-refractivity contribution >= 4 is 0 Å². The van der Waals surface area contributed by atoms with Crippen LogP contribution >= 0.6 is 0 Å². The van der Waals surface area contributed by atoms with E-state index < -0.39 is 74.6 Å². The smallest absolute Gasteiger partial charge is 0.187 e. The van der Waals surface area contributed by atoms with Gasteiger partial charge in [0, 0.05) is 0 Å². The largest absolute Gasteiger partial charge is 0.497 e. The first-order valence-corrected chi connectivity index (χ1v) is 10.1. The second kappa shape index (κ2) is 11.1. The van der Waals surface area contributed by atoms with Crippen molar-refractivity contribution in [2.75, 3.05) is 20.3 Å². The van der Waals surface area contributed by atoms with E-state index in [9.17, 15) is 35.7 Å². The van der Waals surface area contributed by atoms with Crippen LogP contribution in [0.1, 0.15) is 5.56 Å². The molecule has 2 aliphatic rings. The van der Waals surface area contributed by atoms with Gasteiger partial charge in [0.1, 0.15) is 54.6 Å². The summed E-state index contributed by atoms with van der Waals surface area (Å²) in [5.41, 5.74) is 0.747. The third-order valence-corrected chi connectivity index (χ3v) is 5.52. The lowest BCUT2D eigenvalue weighted by molar-refractivity contribution is -0.332. The fourth-order valence-electron chi connectivity index (χ4n) is 3.49. The molecular weight excluding hydrogens is 432 g/mol. The lowest BCUT2D eigenvalue weighted by Gasteiger charge is -2.42. The molecule has 7 N–H and O–H groups in total. The van der Waals surface area contributed by atoms with Gasteiger partial charge in [-0.05, 0) is 17.7 Å². The zero-order chi connectivity index (χ0) is 23.4. The van der Waals surface area contributed by atoms with Crippen molar-refractivity contribution in [3.63, 3.8) is 0 Å². The van der Waals surface area contributed by atoms with Crippen molar-refractivity contribution in [2.24, 2.45) is 0 Å². The van der Waals surface area contributed by atoms with Gasteiger partial charge in [0.25, 0.3) is 0 Å². The maximum Gasteiger partial charge on any atom is 0.187 e. The second-order valence-electron chi connectivity index (χ2n) is 7.70. The molecular formula is C20H30O12. The minimum Gasteiger partial charge on any atom is -0.497 e. The van der Waals surface area contributed by atoms with Crippen LogP contribution in [-0.2, 0) is 25.6 Å². The van der Waals surface area contributed by atoms with Gasteiger partial charge in [0.05, 0.1) is 26.9 Å². The molecule has 2 fully saturated rings. The highest BCUT2D eigenvalue weighted by atomic mass is 16.7. The lowest BCUT2D eigenvalue weighted by atomic mass is 9.98. The number of methoxy groups -OCH3 is 1. The monoisotopic (exact) mass is 462 g/mol. The number of aliphatic hydroxyl groups is 7. The molecule has 12 nitrogen and oxygen atoms in total. The van der Waals surface area contributed by atoms with Gasteiger partial charge in [-0.1, -0.05) is 12.1 Å². The van der Waals surface area contributed by atoms with Crippen LogP contribution in [0.4, 0.5) is 0 Å². The molecule has 12 heteroatoms. The van der Waals surface area contributed by atoms with Gasteiger partial charge in [-0.2, -0.15) is 0 Å². The Labute approximate surface area is 184 Å². The Kier molecular flexibility index (Phi) is 8.77. The predicted molar refractivity (Wildman–Crippen MR) is 104 cm³/mol. The van der Waals surface area contributed by atoms with Crippen LogP contribution in [0.15, 0.2) is 24.3 Å². The number of ether oxygens (including phenoxy) is 5. The Hall–Kier alpha value is -1.42. The molecule has 0 unspecified atom stereocenters. The van der Waals surface area contributed by atoms with E-state index in [1.807, 2.05) is 0 Å². The van der Waals surface area contributed by atoms with Gasteiger partial charge >= 0.3 is 0 Å². The van der Waals surface area contributed by atoms with Crippen molar-refractivity contribution in [3.8, 4) is 5.75 Å². The quantitative estimate of drug-likeness (QED) is 0.206. The minimum absolute atomic E-state index is 0.0365. The van der Waals surface area contributed by atoms with Crippen LogP contribution in [0.5, 0.6) is 5.75 Å². The summed E-state index contributed by atoms with van der Waals surface area (Å²) in [5, 5.41) is 69.6. The third kappa shape index (κ3) is 5.55. The summed E-state index contributed by atoms with van der Waals surface area (Å²) in [5.74, 6) is 0.659. The number of benzene rings is 1. The van der Waals surface area contributed by atoms with E-state index in [2.05, 4.69) is 0 Å². The second-order valence-corrected chi connectivity index (χ2v) is 7.70. The summed E-state index contributed by atoms with van der Waals surface area (Å²) in [6.07, 6.45) is -14.6. The van der Waals surface area contributed by atoms with Crippen LogP contribution in [0.3, 0.4) is 0 Å². The molecule has 2 saturated heterocycles. The molecule has 0 amide bonds. The Morgan fingerprint density at radius 1 is 0.719 bits per heavy atom. The summed E-state index contributed by atoms with van der Waals surface area (Å²) >= 11 is 0. The number of aliphatic hydroxyl groups excluding tert-OH is 7. The van der Waals surface area contributed by atoms with Crippen LogP contribution in [-0.4, -0.2) is 117 Å². The molecule has 1 aromatic rings. The fraction of sp³-hybridized carbons (Fsp3) is 0.700. The lowest BCUT2D eigenvalue weighted by Crippen LogP contribution is -2.61. The molecule has 0 spiro atoms. The van der Waals surface area contributed by atoms with Crippen molar-refractivity contribution in [3.05, 3.63) is 29.8 Å². The van der Waals surface area contributed by atoms with Crippen LogP contribution in [0, 0.1) is 0 Å². The predicted octanol–water partition coefficient (Wildman–Crippen LogP) is -3.16. The van der Waals surface area contributed by atoms with Gasteiger partial charge in [0.15, 0.2) is 12.6 Å². The first-order valence-electron chi connectivity index (χ1n) is 10.1. The Bertz CT molecular complexity index is 700. The highest BCUT2D eigenvalue weighted by Gasteiger charge is 2.47. The Morgan fingerprint density at radius 2 is 1.25 bits per heavy atom. The molecule has 0 bridgehead atoms. The highest BCUT2D eigenvalue weighted by Crippen LogP contribution is 2.26. The molecule has 0 radical (unpaired) electrons. The average Bonchev–Trinajstić information content (AvgIpc) is 2.81. The fourth-order valence-corrected chi connectivity index (χ4v) is 3.49. The van der Waals surface area contributed by atoms with Crippen molar-refractivity contribution < 1.29 is 59.4 Å². The van der Waals surface area contributed by atoms with Gasteiger partial charge in [0.2, 0.25) is 0 Å². The van der Waals surface area contributed by atoms with E-state index in [4.69, 9.17) is 23.7 Å². The van der Waals surface area contributed by atoms with Gasteiger partial charge in [-0.15, -0.1) is 0 Å². The molecule has 2 heterocycles. The zero-order valence-electron chi connectivity index (χ0n) is 17.4. The van der Waals surface area contributed by atoms with Crippen LogP contribution in [0.25, 0.3) is 0 Å². The van der Waals surface area contributed by atoms with E-state index in [0.717, 1.165) is 5.56 Å². The molecule has 0 saturated carbocycles. The average molecular weight is 462 g/mol. The minimum atomic E-state index is -1.63. The van der Waals surface area contributed by atoms with E-state index in [1.54, 1.807) is 24.3 Å². The summed E-state index contributed by atoms with van der Waals surface area (Å²) in [6, 6.07) is 6.96. The summed E-state index contributed by atoms with van der Waals surface area (Å²) in [6.45, 7) is -1.01. The normalized spacial score (nSPS) is 40.2. The van der Waals surface area contributed by atoms with Crippen LogP contribution in [0.2, 0.25) is 0 Å². The molecule has 3 rings (SSSR count). The first kappa shape index (κ1) is 25.2. The SMILES string of the molecule is COc1ccc(CO[C@@H]2O[C@H](CO[C@@H]3O[C@H](CO)[C@@H](O)[C@H](O)[C@H]3O)[C@@H](O)[C@H](O)[C@H]2O)cc1. The zero-order valence-corrected chi connectivity index (χ0v) is 17.4. The molecule has 182 valence electrons. The van der Waals surface area contributed by atoms with E-state index in [-0.39, 0.29) is 6.61 Å². The summed E-state index contributed by atoms with van der Waals surface area (Å²) < 4.78 is 26.8. The van der Waals surface area contributed by atoms with E-state index in [1.165, 1.54) is 7.11 Å². The van der Waals surface area contributed by atoms with Gasteiger partial charge in [-0.25, -0.2) is 0 Å². The first-order chi connectivity index (χ1) is 15.3. The number of hydrogen-bond acceptors (Lipinski definition) is 12. The maximum atomic E-state index is 10.2. The Balaban J connectivity index is 1.58. The van der Waals surface area contributed by atoms with E-state index in [0.29, 0.717) is 5.75 Å². The molecule has 32 heavy (non-hydrogen) atoms. The van der Waals surface area contributed by atoms with Gasteiger partial charge in [-0.3, -0.25) is 0 Å². The third-order valence-electron chi connectivity index (χ3n) is 5.52. The maximum absolute atomic E-state index is 10.2. The molecule has 1 aromatic carbocycles. The molecule has 10 atom stereocenters. The Morgan fingerprint density at radius 3 is 1.81 bits per heavy atom. The standard InChI is InChI=1S/C20H30O12/c1-28-10-4-2-9(3-5-10)7-29-19-18(27)16(25)14(23)12(32-19)8-30-20-17(26)15(24)13(22)11(6-21)31-20/h2-5,11-27H,6-8H2,1H3/t11-,12-,13-,14-,15+,16+,17-,18-,19-,20-/m1/s1. The molecule has 2 aliphatic heterocycles. The van der Waals surface area contributed by atoms with Crippen molar-refractivity contribution in [1.29, 1.82) is 0 Å². The van der Waals surface area contributed by atoms with Gasteiger partial charge < -0.3 is 59.4 Å². The van der Waals surface area contributed by atoms with Crippen LogP contribution < -0.4 is 4.74 Å². The molecule has 0 aromatic heterocycles. The number of hydrogen-bond donors (Lipinski definition) is 7. The number of rotatable bonds is 8. The van der Waals surface area contributed by atoms with Crippen molar-refractivity contribution in [2.45, 2.75) is 68.0 Å².